The zero-order chi connectivity index (χ0) is 19.7. The Balaban J connectivity index is 1.62. The molecule has 1 amide bonds. The summed E-state index contributed by atoms with van der Waals surface area (Å²) in [5.74, 6) is -0.0708. The van der Waals surface area contributed by atoms with Crippen molar-refractivity contribution in [1.82, 2.24) is 24.6 Å². The van der Waals surface area contributed by atoms with Crippen LogP contribution in [0.4, 0.5) is 0 Å². The third-order valence-electron chi connectivity index (χ3n) is 5.75. The van der Waals surface area contributed by atoms with Gasteiger partial charge in [-0.05, 0) is 38.9 Å². The third kappa shape index (κ3) is 3.30. The van der Waals surface area contributed by atoms with E-state index in [2.05, 4.69) is 15.3 Å². The van der Waals surface area contributed by atoms with Crippen LogP contribution in [0.15, 0.2) is 35.3 Å². The number of para-hydroxylation sites is 1. The molecular formula is C21H27N5O2. The maximum atomic E-state index is 12.9. The van der Waals surface area contributed by atoms with Crippen molar-refractivity contribution in [2.45, 2.75) is 32.2 Å². The summed E-state index contributed by atoms with van der Waals surface area (Å²) in [4.78, 5) is 28.1. The van der Waals surface area contributed by atoms with Crippen LogP contribution in [-0.2, 0) is 11.8 Å². The molecule has 3 aromatic rings. The molecule has 28 heavy (non-hydrogen) atoms. The second-order valence-electron chi connectivity index (χ2n) is 7.59. The van der Waals surface area contributed by atoms with E-state index in [1.165, 1.54) is 23.9 Å². The van der Waals surface area contributed by atoms with E-state index in [4.69, 9.17) is 0 Å². The molecule has 1 atom stereocenters. The van der Waals surface area contributed by atoms with Gasteiger partial charge in [0.15, 0.2) is 0 Å². The van der Waals surface area contributed by atoms with Crippen LogP contribution >= 0.6 is 0 Å². The van der Waals surface area contributed by atoms with E-state index in [0.29, 0.717) is 12.1 Å². The summed E-state index contributed by atoms with van der Waals surface area (Å²) in [6.07, 6.45) is 5.49. The van der Waals surface area contributed by atoms with Gasteiger partial charge in [-0.1, -0.05) is 24.6 Å². The predicted molar refractivity (Wildman–Crippen MR) is 110 cm³/mol. The van der Waals surface area contributed by atoms with Gasteiger partial charge in [-0.2, -0.15) is 5.10 Å². The number of nitrogens with zero attached hydrogens (tertiary/aromatic N) is 4. The first kappa shape index (κ1) is 18.7. The van der Waals surface area contributed by atoms with Crippen molar-refractivity contribution in [3.63, 3.8) is 0 Å². The zero-order valence-corrected chi connectivity index (χ0v) is 16.5. The first-order chi connectivity index (χ1) is 13.6. The molecule has 148 valence electrons. The summed E-state index contributed by atoms with van der Waals surface area (Å²) in [5, 5.41) is 8.94. The van der Waals surface area contributed by atoms with E-state index in [9.17, 15) is 9.59 Å². The lowest BCUT2D eigenvalue weighted by molar-refractivity contribution is -0.123. The lowest BCUT2D eigenvalue weighted by Crippen LogP contribution is -2.39. The molecule has 1 fully saturated rings. The van der Waals surface area contributed by atoms with Crippen molar-refractivity contribution in [2.75, 3.05) is 26.2 Å². The van der Waals surface area contributed by atoms with Crippen LogP contribution in [0, 0.1) is 0 Å². The number of nitrogens with one attached hydrogen (secondary N) is 1. The van der Waals surface area contributed by atoms with Crippen molar-refractivity contribution >= 4 is 27.7 Å². The minimum absolute atomic E-state index is 0.0708. The molecule has 1 saturated heterocycles. The minimum atomic E-state index is -0.487. The lowest BCUT2D eigenvalue weighted by Gasteiger charge is -2.26. The van der Waals surface area contributed by atoms with Crippen molar-refractivity contribution in [1.29, 1.82) is 0 Å². The largest absolute Gasteiger partial charge is 0.353 e. The van der Waals surface area contributed by atoms with Gasteiger partial charge in [-0.15, -0.1) is 0 Å². The van der Waals surface area contributed by atoms with Gasteiger partial charge in [0.05, 0.1) is 11.7 Å². The molecule has 4 rings (SSSR count). The van der Waals surface area contributed by atoms with Gasteiger partial charge in [-0.3, -0.25) is 9.59 Å². The van der Waals surface area contributed by atoms with Crippen molar-refractivity contribution in [3.8, 4) is 0 Å². The summed E-state index contributed by atoms with van der Waals surface area (Å²) < 4.78 is 3.17. The second-order valence-corrected chi connectivity index (χ2v) is 7.59. The number of piperidine rings is 1. The highest BCUT2D eigenvalue weighted by atomic mass is 16.2. The fourth-order valence-corrected chi connectivity index (χ4v) is 4.18. The first-order valence-electron chi connectivity index (χ1n) is 10.0. The third-order valence-corrected chi connectivity index (χ3v) is 5.75. The zero-order valence-electron chi connectivity index (χ0n) is 16.5. The number of hydrogen-bond donors (Lipinski definition) is 1. The Bertz CT molecular complexity index is 1060. The number of likely N-dealkylation sites (tertiary alicyclic amines) is 1. The molecule has 0 spiro atoms. The molecule has 0 saturated carbocycles. The highest BCUT2D eigenvalue weighted by Gasteiger charge is 2.23. The number of benzene rings is 1. The summed E-state index contributed by atoms with van der Waals surface area (Å²) in [5.41, 5.74) is 1.21. The Labute approximate surface area is 163 Å². The summed E-state index contributed by atoms with van der Waals surface area (Å²) in [6, 6.07) is 7.30. The van der Waals surface area contributed by atoms with Crippen molar-refractivity contribution in [3.05, 3.63) is 40.8 Å². The fraction of sp³-hybridized carbons (Fsp3) is 0.476. The highest BCUT2D eigenvalue weighted by molar-refractivity contribution is 6.08. The number of aryl methyl sites for hydroxylation is 1. The normalized spacial score (nSPS) is 16.5. The van der Waals surface area contributed by atoms with E-state index in [-0.39, 0.29) is 11.5 Å². The molecule has 1 unspecified atom stereocenters. The van der Waals surface area contributed by atoms with Gasteiger partial charge in [0, 0.05) is 30.9 Å². The number of rotatable bonds is 5. The fourth-order valence-electron chi connectivity index (χ4n) is 4.18. The average Bonchev–Trinajstić information content (AvgIpc) is 3.06. The number of amides is 1. The Morgan fingerprint density at radius 2 is 1.93 bits per heavy atom. The maximum absolute atomic E-state index is 12.9. The van der Waals surface area contributed by atoms with Gasteiger partial charge in [-0.25, -0.2) is 4.68 Å². The van der Waals surface area contributed by atoms with E-state index in [1.54, 1.807) is 13.2 Å². The van der Waals surface area contributed by atoms with E-state index < -0.39 is 6.04 Å². The number of hydrogen-bond acceptors (Lipinski definition) is 4. The van der Waals surface area contributed by atoms with Crippen molar-refractivity contribution < 1.29 is 4.79 Å². The molecule has 0 radical (unpaired) electrons. The number of carbonyl (C=O) groups excluding carboxylic acids is 1. The van der Waals surface area contributed by atoms with Crippen LogP contribution in [0.2, 0.25) is 0 Å². The SMILES string of the molecule is CC(C(=O)NCCN1CCCCC1)n1c2ccccc2c2cnn(C)c(=O)c21. The Morgan fingerprint density at radius 1 is 1.18 bits per heavy atom. The number of carbonyl (C=O) groups is 1. The molecular weight excluding hydrogens is 354 g/mol. The monoisotopic (exact) mass is 381 g/mol. The Kier molecular flexibility index (Phi) is 5.17. The smallest absolute Gasteiger partial charge is 0.291 e. The van der Waals surface area contributed by atoms with Gasteiger partial charge in [0.1, 0.15) is 11.6 Å². The molecule has 0 aliphatic carbocycles. The van der Waals surface area contributed by atoms with Gasteiger partial charge in [0.2, 0.25) is 5.91 Å². The quantitative estimate of drug-likeness (QED) is 0.734. The van der Waals surface area contributed by atoms with E-state index in [0.717, 1.165) is 35.9 Å². The van der Waals surface area contributed by atoms with Gasteiger partial charge < -0.3 is 14.8 Å². The summed E-state index contributed by atoms with van der Waals surface area (Å²) in [6.45, 7) is 5.57. The molecule has 1 aromatic carbocycles. The van der Waals surface area contributed by atoms with E-state index >= 15 is 0 Å². The van der Waals surface area contributed by atoms with Gasteiger partial charge >= 0.3 is 0 Å². The van der Waals surface area contributed by atoms with Crippen LogP contribution in [-0.4, -0.2) is 51.3 Å². The maximum Gasteiger partial charge on any atom is 0.291 e. The molecule has 1 aliphatic rings. The molecule has 7 heteroatoms. The molecule has 1 N–H and O–H groups in total. The number of aromatic nitrogens is 3. The molecule has 0 bridgehead atoms. The molecule has 2 aromatic heterocycles. The minimum Gasteiger partial charge on any atom is -0.353 e. The topological polar surface area (TPSA) is 72.2 Å². The Morgan fingerprint density at radius 3 is 2.71 bits per heavy atom. The summed E-state index contributed by atoms with van der Waals surface area (Å²) in [7, 11) is 1.63. The van der Waals surface area contributed by atoms with Crippen LogP contribution < -0.4 is 10.9 Å². The van der Waals surface area contributed by atoms with Crippen molar-refractivity contribution in [2.24, 2.45) is 7.05 Å². The average molecular weight is 381 g/mol. The standard InChI is InChI=1S/C21H27N5O2/c1-15(20(27)22-10-13-25-11-6-3-7-12-25)26-18-9-5-4-8-16(18)17-14-23-24(2)21(28)19(17)26/h4-5,8-9,14-15H,3,6-7,10-13H2,1-2H3,(H,22,27). The lowest BCUT2D eigenvalue weighted by atomic mass is 10.1. The molecule has 7 nitrogen and oxygen atoms in total. The van der Waals surface area contributed by atoms with Crippen LogP contribution in [0.1, 0.15) is 32.2 Å². The first-order valence-corrected chi connectivity index (χ1v) is 10.0. The molecule has 3 heterocycles. The highest BCUT2D eigenvalue weighted by Crippen LogP contribution is 2.29. The van der Waals surface area contributed by atoms with Crippen LogP contribution in [0.3, 0.4) is 0 Å². The van der Waals surface area contributed by atoms with Gasteiger partial charge in [0.25, 0.3) is 5.56 Å². The number of fused-ring (bicyclic) bond motifs is 3. The van der Waals surface area contributed by atoms with Crippen LogP contribution in [0.5, 0.6) is 0 Å². The van der Waals surface area contributed by atoms with Crippen LogP contribution in [0.25, 0.3) is 21.8 Å². The second kappa shape index (κ2) is 7.75. The Hall–Kier alpha value is -2.67. The van der Waals surface area contributed by atoms with E-state index in [1.807, 2.05) is 35.8 Å². The predicted octanol–water partition coefficient (Wildman–Crippen LogP) is 2.05. The molecule has 1 aliphatic heterocycles. The summed E-state index contributed by atoms with van der Waals surface area (Å²) >= 11 is 0.